The van der Waals surface area contributed by atoms with Crippen molar-refractivity contribution < 1.29 is 28.0 Å². The first kappa shape index (κ1) is 16.7. The molecule has 0 aliphatic heterocycles. The van der Waals surface area contributed by atoms with Gasteiger partial charge in [0.15, 0.2) is 0 Å². The maximum absolute atomic E-state index is 13.0. The van der Waals surface area contributed by atoms with Crippen LogP contribution in [0.2, 0.25) is 0 Å². The van der Waals surface area contributed by atoms with Gasteiger partial charge in [-0.05, 0) is 19.9 Å². The summed E-state index contributed by atoms with van der Waals surface area (Å²) >= 11 is 0. The van der Waals surface area contributed by atoms with Crippen LogP contribution >= 0.6 is 0 Å². The number of alkyl halides is 3. The van der Waals surface area contributed by atoms with Crippen LogP contribution < -0.4 is 5.32 Å². The van der Waals surface area contributed by atoms with Crippen LogP contribution in [-0.2, 0) is 11.0 Å². The summed E-state index contributed by atoms with van der Waals surface area (Å²) in [7, 11) is 0. The zero-order chi connectivity index (χ0) is 16.4. The Morgan fingerprint density at radius 2 is 1.95 bits per heavy atom. The highest BCUT2D eigenvalue weighted by molar-refractivity contribution is 5.70. The Kier molecular flexibility index (Phi) is 4.45. The maximum Gasteiger partial charge on any atom is 0.418 e. The van der Waals surface area contributed by atoms with E-state index in [2.05, 4.69) is 5.32 Å². The van der Waals surface area contributed by atoms with Crippen LogP contribution in [0.3, 0.4) is 0 Å². The lowest BCUT2D eigenvalue weighted by Crippen LogP contribution is -2.34. The van der Waals surface area contributed by atoms with Crippen LogP contribution in [0.1, 0.15) is 25.8 Å². The van der Waals surface area contributed by atoms with Crippen LogP contribution in [0.4, 0.5) is 24.5 Å². The van der Waals surface area contributed by atoms with E-state index in [9.17, 15) is 28.1 Å². The summed E-state index contributed by atoms with van der Waals surface area (Å²) in [5, 5.41) is 21.8. The van der Waals surface area contributed by atoms with Gasteiger partial charge in [-0.1, -0.05) is 0 Å². The Balaban J connectivity index is 3.24. The van der Waals surface area contributed by atoms with Gasteiger partial charge in [-0.2, -0.15) is 13.2 Å². The number of nitrogens with zero attached hydrogens (tertiary/aromatic N) is 1. The van der Waals surface area contributed by atoms with Crippen molar-refractivity contribution in [3.05, 3.63) is 33.9 Å². The van der Waals surface area contributed by atoms with Crippen molar-refractivity contribution in [2.24, 2.45) is 0 Å². The second-order valence-electron chi connectivity index (χ2n) is 5.06. The molecule has 0 atom stereocenters. The molecule has 0 aliphatic carbocycles. The van der Waals surface area contributed by atoms with E-state index in [4.69, 9.17) is 5.11 Å². The Morgan fingerprint density at radius 3 is 2.38 bits per heavy atom. The third-order valence-corrected chi connectivity index (χ3v) is 2.59. The van der Waals surface area contributed by atoms with Gasteiger partial charge in [0.25, 0.3) is 5.69 Å². The van der Waals surface area contributed by atoms with Crippen molar-refractivity contribution in [1.29, 1.82) is 0 Å². The van der Waals surface area contributed by atoms with Crippen molar-refractivity contribution in [1.82, 2.24) is 0 Å². The number of nitro groups is 1. The highest BCUT2D eigenvalue weighted by Gasteiger charge is 2.36. The molecule has 1 aromatic carbocycles. The minimum Gasteiger partial charge on any atom is -0.481 e. The number of benzene rings is 1. The quantitative estimate of drug-likeness (QED) is 0.643. The van der Waals surface area contributed by atoms with Gasteiger partial charge in [0.2, 0.25) is 0 Å². The number of halogens is 3. The van der Waals surface area contributed by atoms with Crippen molar-refractivity contribution in [3.8, 4) is 0 Å². The number of nitro benzene ring substituents is 1. The largest absolute Gasteiger partial charge is 0.481 e. The number of non-ortho nitro benzene ring substituents is 1. The van der Waals surface area contributed by atoms with Gasteiger partial charge in [-0.15, -0.1) is 0 Å². The van der Waals surface area contributed by atoms with Crippen LogP contribution in [-0.4, -0.2) is 21.5 Å². The third-order valence-electron chi connectivity index (χ3n) is 2.59. The number of carbonyl (C=O) groups is 1. The van der Waals surface area contributed by atoms with Crippen LogP contribution in [0, 0.1) is 10.1 Å². The van der Waals surface area contributed by atoms with Gasteiger partial charge in [-0.3, -0.25) is 14.9 Å². The van der Waals surface area contributed by atoms with Gasteiger partial charge < -0.3 is 10.4 Å². The molecule has 0 radical (unpaired) electrons. The summed E-state index contributed by atoms with van der Waals surface area (Å²) in [5.74, 6) is -1.18. The lowest BCUT2D eigenvalue weighted by atomic mass is 9.99. The summed E-state index contributed by atoms with van der Waals surface area (Å²) in [5.41, 5.74) is -3.46. The first-order valence-corrected chi connectivity index (χ1v) is 5.78. The van der Waals surface area contributed by atoms with Gasteiger partial charge >= 0.3 is 12.1 Å². The Morgan fingerprint density at radius 1 is 1.38 bits per heavy atom. The van der Waals surface area contributed by atoms with Crippen molar-refractivity contribution in [3.63, 3.8) is 0 Å². The zero-order valence-electron chi connectivity index (χ0n) is 11.2. The molecule has 0 saturated carbocycles. The van der Waals surface area contributed by atoms with Crippen molar-refractivity contribution in [2.45, 2.75) is 32.0 Å². The van der Waals surface area contributed by atoms with Gasteiger partial charge in [0.1, 0.15) is 0 Å². The lowest BCUT2D eigenvalue weighted by molar-refractivity contribution is -0.385. The molecule has 2 N–H and O–H groups in total. The molecule has 0 heterocycles. The summed E-state index contributed by atoms with van der Waals surface area (Å²) in [6.45, 7) is 2.84. The Labute approximate surface area is 117 Å². The average Bonchev–Trinajstić information content (AvgIpc) is 2.24. The first-order valence-electron chi connectivity index (χ1n) is 5.78. The molecule has 1 aromatic rings. The number of hydrogen-bond donors (Lipinski definition) is 2. The van der Waals surface area contributed by atoms with E-state index in [1.165, 1.54) is 13.8 Å². The van der Waals surface area contributed by atoms with Gasteiger partial charge in [0, 0.05) is 23.4 Å². The normalized spacial score (nSPS) is 12.0. The standard InChI is InChI=1S/C12H13F3N2O4/c1-11(2,6-10(18)19)16-9-4-3-7(17(20)21)5-8(9)12(13,14)15/h3-5,16H,6H2,1-2H3,(H,18,19). The molecular weight excluding hydrogens is 293 g/mol. The molecule has 1 rings (SSSR count). The molecule has 6 nitrogen and oxygen atoms in total. The van der Waals surface area contributed by atoms with E-state index < -0.39 is 46.0 Å². The number of nitrogens with one attached hydrogen (secondary N) is 1. The van der Waals surface area contributed by atoms with Crippen LogP contribution in [0.25, 0.3) is 0 Å². The molecule has 0 fully saturated rings. The predicted molar refractivity (Wildman–Crippen MR) is 68.1 cm³/mol. The SMILES string of the molecule is CC(C)(CC(=O)O)Nc1ccc([N+](=O)[O-])cc1C(F)(F)F. The zero-order valence-corrected chi connectivity index (χ0v) is 11.2. The second-order valence-corrected chi connectivity index (χ2v) is 5.06. The topological polar surface area (TPSA) is 92.5 Å². The molecule has 0 aromatic heterocycles. The summed E-state index contributed by atoms with van der Waals surface area (Å²) in [6, 6.07) is 2.26. The molecular formula is C12H13F3N2O4. The highest BCUT2D eigenvalue weighted by Crippen LogP contribution is 2.38. The van der Waals surface area contributed by atoms with E-state index in [-0.39, 0.29) is 0 Å². The molecule has 9 heteroatoms. The first-order chi connectivity index (χ1) is 9.42. The smallest absolute Gasteiger partial charge is 0.418 e. The molecule has 0 unspecified atom stereocenters. The number of aliphatic carboxylic acids is 1. The molecule has 21 heavy (non-hydrogen) atoms. The number of carboxylic acids is 1. The van der Waals surface area contributed by atoms with E-state index in [0.717, 1.165) is 12.1 Å². The maximum atomic E-state index is 13.0. The number of carboxylic acid groups (broad SMARTS) is 1. The van der Waals surface area contributed by atoms with E-state index >= 15 is 0 Å². The fourth-order valence-electron chi connectivity index (χ4n) is 1.78. The summed E-state index contributed by atoms with van der Waals surface area (Å²) in [6.07, 6.45) is -5.21. The third kappa shape index (κ3) is 4.62. The molecule has 0 bridgehead atoms. The van der Waals surface area contributed by atoms with Crippen LogP contribution in [0.15, 0.2) is 18.2 Å². The fraction of sp³-hybridized carbons (Fsp3) is 0.417. The predicted octanol–water partition coefficient (Wildman–Crippen LogP) is 3.28. The van der Waals surface area contributed by atoms with Gasteiger partial charge in [-0.25, -0.2) is 0 Å². The lowest BCUT2D eigenvalue weighted by Gasteiger charge is -2.27. The van der Waals surface area contributed by atoms with Crippen LogP contribution in [0.5, 0.6) is 0 Å². The molecule has 0 saturated heterocycles. The van der Waals surface area contributed by atoms with Crippen molar-refractivity contribution >= 4 is 17.3 Å². The monoisotopic (exact) mass is 306 g/mol. The fourth-order valence-corrected chi connectivity index (χ4v) is 1.78. The van der Waals surface area contributed by atoms with Crippen molar-refractivity contribution in [2.75, 3.05) is 5.32 Å². The highest BCUT2D eigenvalue weighted by atomic mass is 19.4. The minimum absolute atomic E-state index is 0.403. The molecule has 0 spiro atoms. The molecule has 116 valence electrons. The minimum atomic E-state index is -4.80. The Bertz CT molecular complexity index is 570. The number of hydrogen-bond acceptors (Lipinski definition) is 4. The average molecular weight is 306 g/mol. The molecule has 0 amide bonds. The van der Waals surface area contributed by atoms with E-state index in [1.54, 1.807) is 0 Å². The summed E-state index contributed by atoms with van der Waals surface area (Å²) in [4.78, 5) is 20.3. The second kappa shape index (κ2) is 5.58. The van der Waals surface area contributed by atoms with E-state index in [1.807, 2.05) is 0 Å². The van der Waals surface area contributed by atoms with Gasteiger partial charge in [0.05, 0.1) is 16.9 Å². The molecule has 0 aliphatic rings. The summed E-state index contributed by atoms with van der Waals surface area (Å²) < 4.78 is 38.9. The Hall–Kier alpha value is -2.32. The van der Waals surface area contributed by atoms with E-state index in [0.29, 0.717) is 6.07 Å². The number of rotatable bonds is 5. The number of anilines is 1.